The second-order valence-electron chi connectivity index (χ2n) is 4.28. The Morgan fingerprint density at radius 1 is 1.00 bits per heavy atom. The van der Waals surface area contributed by atoms with E-state index in [1.807, 2.05) is 12.1 Å². The van der Waals surface area contributed by atoms with Gasteiger partial charge in [-0.15, -0.1) is 0 Å². The molecule has 0 atom stereocenters. The molecule has 2 heterocycles. The van der Waals surface area contributed by atoms with Crippen LogP contribution in [0, 0.1) is 0 Å². The zero-order valence-electron chi connectivity index (χ0n) is 10.9. The molecular formula is C15H11ClN4O. The average molecular weight is 299 g/mol. The monoisotopic (exact) mass is 298 g/mol. The number of rotatable bonds is 3. The van der Waals surface area contributed by atoms with Gasteiger partial charge in [0.05, 0.1) is 5.69 Å². The maximum Gasteiger partial charge on any atom is 0.227 e. The standard InChI is InChI=1S/C15H11ClN4O/c16-14-12(5-2-7-17-14)13-6-8-18-15(20-13)19-10-3-1-4-11(21)9-10/h1-9,21H,(H,18,19,20). The number of pyridine rings is 1. The second kappa shape index (κ2) is 5.76. The third-order valence-corrected chi connectivity index (χ3v) is 3.09. The van der Waals surface area contributed by atoms with Gasteiger partial charge in [0.15, 0.2) is 0 Å². The first-order valence-corrected chi connectivity index (χ1v) is 6.60. The van der Waals surface area contributed by atoms with E-state index in [9.17, 15) is 5.11 Å². The van der Waals surface area contributed by atoms with Gasteiger partial charge in [-0.05, 0) is 30.3 Å². The summed E-state index contributed by atoms with van der Waals surface area (Å²) in [5.41, 5.74) is 2.11. The summed E-state index contributed by atoms with van der Waals surface area (Å²) in [7, 11) is 0. The molecule has 0 radical (unpaired) electrons. The number of nitrogens with zero attached hydrogens (tertiary/aromatic N) is 3. The Bertz CT molecular complexity index is 779. The second-order valence-corrected chi connectivity index (χ2v) is 4.64. The highest BCUT2D eigenvalue weighted by atomic mass is 35.5. The van der Waals surface area contributed by atoms with E-state index in [0.29, 0.717) is 22.5 Å². The molecule has 21 heavy (non-hydrogen) atoms. The van der Waals surface area contributed by atoms with E-state index in [0.717, 1.165) is 5.56 Å². The summed E-state index contributed by atoms with van der Waals surface area (Å²) < 4.78 is 0. The largest absolute Gasteiger partial charge is 0.508 e. The molecular weight excluding hydrogens is 288 g/mol. The minimum absolute atomic E-state index is 0.173. The highest BCUT2D eigenvalue weighted by Crippen LogP contribution is 2.25. The fourth-order valence-electron chi connectivity index (χ4n) is 1.86. The van der Waals surface area contributed by atoms with Crippen LogP contribution in [0.3, 0.4) is 0 Å². The zero-order chi connectivity index (χ0) is 14.7. The molecule has 0 bridgehead atoms. The van der Waals surface area contributed by atoms with Crippen LogP contribution in [0.5, 0.6) is 5.75 Å². The molecule has 0 aliphatic rings. The van der Waals surface area contributed by atoms with Crippen molar-refractivity contribution in [1.82, 2.24) is 15.0 Å². The van der Waals surface area contributed by atoms with Crippen molar-refractivity contribution in [2.45, 2.75) is 0 Å². The Balaban J connectivity index is 1.92. The molecule has 5 nitrogen and oxygen atoms in total. The number of halogens is 1. The Kier molecular flexibility index (Phi) is 3.66. The summed E-state index contributed by atoms with van der Waals surface area (Å²) in [5.74, 6) is 0.587. The fourth-order valence-corrected chi connectivity index (χ4v) is 2.07. The highest BCUT2D eigenvalue weighted by Gasteiger charge is 2.07. The van der Waals surface area contributed by atoms with Crippen molar-refractivity contribution in [2.24, 2.45) is 0 Å². The van der Waals surface area contributed by atoms with Gasteiger partial charge in [0.25, 0.3) is 0 Å². The lowest BCUT2D eigenvalue weighted by atomic mass is 10.2. The zero-order valence-corrected chi connectivity index (χ0v) is 11.6. The molecule has 3 rings (SSSR count). The van der Waals surface area contributed by atoms with Crippen LogP contribution in [0.15, 0.2) is 54.9 Å². The molecule has 3 aromatic rings. The summed E-state index contributed by atoms with van der Waals surface area (Å²) >= 11 is 6.07. The third kappa shape index (κ3) is 3.09. The third-order valence-electron chi connectivity index (χ3n) is 2.79. The van der Waals surface area contributed by atoms with Crippen LogP contribution in [0.25, 0.3) is 11.3 Å². The van der Waals surface area contributed by atoms with E-state index < -0.39 is 0 Å². The summed E-state index contributed by atoms with van der Waals surface area (Å²) in [6.07, 6.45) is 3.26. The molecule has 2 aromatic heterocycles. The van der Waals surface area contributed by atoms with Crippen LogP contribution in [0.2, 0.25) is 5.15 Å². The Morgan fingerprint density at radius 3 is 2.71 bits per heavy atom. The van der Waals surface area contributed by atoms with Gasteiger partial charge in [0, 0.05) is 29.7 Å². The molecule has 0 aliphatic heterocycles. The Labute approximate surface area is 126 Å². The molecule has 0 unspecified atom stereocenters. The van der Waals surface area contributed by atoms with Gasteiger partial charge in [0.2, 0.25) is 5.95 Å². The van der Waals surface area contributed by atoms with Gasteiger partial charge < -0.3 is 10.4 Å². The van der Waals surface area contributed by atoms with Crippen molar-refractivity contribution in [3.63, 3.8) is 0 Å². The fraction of sp³-hybridized carbons (Fsp3) is 0. The van der Waals surface area contributed by atoms with Gasteiger partial charge in [-0.25, -0.2) is 15.0 Å². The van der Waals surface area contributed by atoms with Crippen LogP contribution >= 0.6 is 11.6 Å². The number of aromatic hydroxyl groups is 1. The predicted octanol–water partition coefficient (Wildman–Crippen LogP) is 3.64. The molecule has 2 N–H and O–H groups in total. The summed E-state index contributed by atoms with van der Waals surface area (Å²) in [6, 6.07) is 12.1. The van der Waals surface area contributed by atoms with Gasteiger partial charge >= 0.3 is 0 Å². The first-order chi connectivity index (χ1) is 10.2. The van der Waals surface area contributed by atoms with Gasteiger partial charge in [0.1, 0.15) is 10.9 Å². The van der Waals surface area contributed by atoms with E-state index in [1.165, 1.54) is 0 Å². The SMILES string of the molecule is Oc1cccc(Nc2nccc(-c3cccnc3Cl)n2)c1. The molecule has 0 fully saturated rings. The molecule has 0 aliphatic carbocycles. The maximum absolute atomic E-state index is 9.45. The van der Waals surface area contributed by atoms with Crippen LogP contribution < -0.4 is 5.32 Å². The van der Waals surface area contributed by atoms with Crippen molar-refractivity contribution in [2.75, 3.05) is 5.32 Å². The van der Waals surface area contributed by atoms with Gasteiger partial charge in [-0.1, -0.05) is 17.7 Å². The van der Waals surface area contributed by atoms with E-state index in [2.05, 4.69) is 20.3 Å². The average Bonchev–Trinajstić information content (AvgIpc) is 2.48. The molecule has 0 amide bonds. The number of phenols is 1. The number of aromatic nitrogens is 3. The van der Waals surface area contributed by atoms with Crippen LogP contribution in [0.1, 0.15) is 0 Å². The number of anilines is 2. The summed E-state index contributed by atoms with van der Waals surface area (Å²) in [4.78, 5) is 12.6. The number of nitrogens with one attached hydrogen (secondary N) is 1. The first-order valence-electron chi connectivity index (χ1n) is 6.22. The number of phenolic OH excluding ortho intramolecular Hbond substituents is 1. The lowest BCUT2D eigenvalue weighted by Gasteiger charge is -2.07. The minimum atomic E-state index is 0.173. The van der Waals surface area contributed by atoms with Crippen LogP contribution in [0.4, 0.5) is 11.6 Å². The molecule has 0 saturated carbocycles. The Hall–Kier alpha value is -2.66. The molecule has 6 heteroatoms. The van der Waals surface area contributed by atoms with Crippen molar-refractivity contribution >= 4 is 23.2 Å². The normalized spacial score (nSPS) is 10.3. The van der Waals surface area contributed by atoms with E-state index in [1.54, 1.807) is 42.7 Å². The van der Waals surface area contributed by atoms with Gasteiger partial charge in [-0.3, -0.25) is 0 Å². The van der Waals surface area contributed by atoms with Crippen LogP contribution in [-0.2, 0) is 0 Å². The summed E-state index contributed by atoms with van der Waals surface area (Å²) in [6.45, 7) is 0. The topological polar surface area (TPSA) is 70.9 Å². The molecule has 0 saturated heterocycles. The predicted molar refractivity (Wildman–Crippen MR) is 81.7 cm³/mol. The number of hydrogen-bond donors (Lipinski definition) is 2. The van der Waals surface area contributed by atoms with E-state index in [4.69, 9.17) is 11.6 Å². The summed E-state index contributed by atoms with van der Waals surface area (Å²) in [5, 5.41) is 12.9. The first kappa shape index (κ1) is 13.3. The lowest BCUT2D eigenvalue weighted by molar-refractivity contribution is 0.475. The smallest absolute Gasteiger partial charge is 0.227 e. The van der Waals surface area contributed by atoms with Crippen molar-refractivity contribution in [1.29, 1.82) is 0 Å². The van der Waals surface area contributed by atoms with E-state index in [-0.39, 0.29) is 5.75 Å². The van der Waals surface area contributed by atoms with Gasteiger partial charge in [-0.2, -0.15) is 0 Å². The molecule has 104 valence electrons. The highest BCUT2D eigenvalue weighted by molar-refractivity contribution is 6.32. The Morgan fingerprint density at radius 2 is 1.90 bits per heavy atom. The quantitative estimate of drug-likeness (QED) is 0.722. The van der Waals surface area contributed by atoms with Crippen molar-refractivity contribution < 1.29 is 5.11 Å². The molecule has 1 aromatic carbocycles. The van der Waals surface area contributed by atoms with Crippen molar-refractivity contribution in [3.8, 4) is 17.0 Å². The molecule has 0 spiro atoms. The van der Waals surface area contributed by atoms with Crippen LogP contribution in [-0.4, -0.2) is 20.1 Å². The minimum Gasteiger partial charge on any atom is -0.508 e. The number of hydrogen-bond acceptors (Lipinski definition) is 5. The van der Waals surface area contributed by atoms with Crippen molar-refractivity contribution in [3.05, 3.63) is 60.0 Å². The lowest BCUT2D eigenvalue weighted by Crippen LogP contribution is -1.98. The maximum atomic E-state index is 9.45. The number of benzene rings is 1. The van der Waals surface area contributed by atoms with E-state index >= 15 is 0 Å².